The van der Waals surface area contributed by atoms with Gasteiger partial charge in [0.2, 0.25) is 0 Å². The van der Waals surface area contributed by atoms with Gasteiger partial charge in [-0.1, -0.05) is 0 Å². The number of β-amino-alcohol motifs (C(OH)–C–C–N with tert-alkyl or cyclic N) is 1. The molecule has 0 bridgehead atoms. The monoisotopic (exact) mass is 251 g/mol. The van der Waals surface area contributed by atoms with E-state index in [1.807, 2.05) is 0 Å². The number of aromatic nitrogens is 1. The van der Waals surface area contributed by atoms with Gasteiger partial charge >= 0.3 is 6.09 Å². The highest BCUT2D eigenvalue weighted by Crippen LogP contribution is 2.13. The smallest absolute Gasteiger partial charge is 0.409 e. The van der Waals surface area contributed by atoms with Crippen LogP contribution in [0.25, 0.3) is 0 Å². The lowest BCUT2D eigenvalue weighted by molar-refractivity contribution is 0.0759. The number of carboxylic acid groups (broad SMARTS) is 1. The van der Waals surface area contributed by atoms with Gasteiger partial charge in [-0.15, -0.1) is 0 Å². The summed E-state index contributed by atoms with van der Waals surface area (Å²) < 4.78 is 0. The molecular weight excluding hydrogens is 238 g/mol. The zero-order chi connectivity index (χ0) is 13.1. The van der Waals surface area contributed by atoms with Crippen LogP contribution in [0.2, 0.25) is 0 Å². The standard InChI is InChI=1S/C11H13N3O4/c15-8-3-4-14(6-8)10(16)9-2-1-7(5-12-9)13-11(17)18/h1-2,5,8,13,15H,3-4,6H2,(H,17,18)/t8-/m1/s1. The topological polar surface area (TPSA) is 103 Å². The van der Waals surface area contributed by atoms with Gasteiger partial charge in [-0.3, -0.25) is 10.1 Å². The van der Waals surface area contributed by atoms with Gasteiger partial charge in [-0.2, -0.15) is 0 Å². The van der Waals surface area contributed by atoms with Crippen molar-refractivity contribution in [1.82, 2.24) is 9.88 Å². The second-order valence-corrected chi connectivity index (χ2v) is 4.06. The first-order valence-electron chi connectivity index (χ1n) is 5.49. The summed E-state index contributed by atoms with van der Waals surface area (Å²) in [7, 11) is 0. The normalized spacial score (nSPS) is 18.7. The van der Waals surface area contributed by atoms with Crippen LogP contribution in [-0.4, -0.2) is 51.3 Å². The summed E-state index contributed by atoms with van der Waals surface area (Å²) in [6.45, 7) is 0.826. The van der Waals surface area contributed by atoms with Gasteiger partial charge in [-0.05, 0) is 18.6 Å². The molecule has 96 valence electrons. The van der Waals surface area contributed by atoms with Gasteiger partial charge < -0.3 is 15.1 Å². The largest absolute Gasteiger partial charge is 0.465 e. The summed E-state index contributed by atoms with van der Waals surface area (Å²) in [5.41, 5.74) is 0.542. The third-order valence-electron chi connectivity index (χ3n) is 2.68. The van der Waals surface area contributed by atoms with Crippen molar-refractivity contribution in [3.8, 4) is 0 Å². The van der Waals surface area contributed by atoms with Crippen LogP contribution in [0, 0.1) is 0 Å². The molecule has 0 spiro atoms. The number of carbonyl (C=O) groups is 2. The van der Waals surface area contributed by atoms with Crippen LogP contribution in [0.3, 0.4) is 0 Å². The molecule has 7 nitrogen and oxygen atoms in total. The molecule has 2 rings (SSSR count). The summed E-state index contributed by atoms with van der Waals surface area (Å²) in [5.74, 6) is -0.256. The van der Waals surface area contributed by atoms with E-state index in [1.54, 1.807) is 0 Å². The van der Waals surface area contributed by atoms with Crippen LogP contribution in [0.5, 0.6) is 0 Å². The zero-order valence-corrected chi connectivity index (χ0v) is 9.54. The number of nitrogens with one attached hydrogen (secondary N) is 1. The highest BCUT2D eigenvalue weighted by atomic mass is 16.4. The van der Waals surface area contributed by atoms with Crippen molar-refractivity contribution in [1.29, 1.82) is 0 Å². The van der Waals surface area contributed by atoms with Gasteiger partial charge in [0.1, 0.15) is 5.69 Å². The maximum absolute atomic E-state index is 11.9. The third kappa shape index (κ3) is 2.75. The summed E-state index contributed by atoms with van der Waals surface area (Å²) >= 11 is 0. The van der Waals surface area contributed by atoms with Crippen molar-refractivity contribution in [3.63, 3.8) is 0 Å². The highest BCUT2D eigenvalue weighted by Gasteiger charge is 2.25. The van der Waals surface area contributed by atoms with Gasteiger partial charge in [0.25, 0.3) is 5.91 Å². The van der Waals surface area contributed by atoms with Crippen LogP contribution in [0.4, 0.5) is 10.5 Å². The summed E-state index contributed by atoms with van der Waals surface area (Å²) in [6, 6.07) is 2.93. The summed E-state index contributed by atoms with van der Waals surface area (Å²) in [4.78, 5) is 27.8. The van der Waals surface area contributed by atoms with Crippen molar-refractivity contribution < 1.29 is 19.8 Å². The first-order valence-corrected chi connectivity index (χ1v) is 5.49. The number of hydrogen-bond acceptors (Lipinski definition) is 4. The molecule has 1 aromatic rings. The average Bonchev–Trinajstić information content (AvgIpc) is 2.75. The van der Waals surface area contributed by atoms with Crippen LogP contribution in [-0.2, 0) is 0 Å². The fraction of sp³-hybridized carbons (Fsp3) is 0.364. The molecule has 0 aromatic carbocycles. The summed E-state index contributed by atoms with van der Waals surface area (Å²) in [5, 5.41) is 20.0. The Morgan fingerprint density at radius 2 is 2.22 bits per heavy atom. The molecule has 18 heavy (non-hydrogen) atoms. The Kier molecular flexibility index (Phi) is 3.42. The molecule has 0 saturated carbocycles. The van der Waals surface area contributed by atoms with Crippen molar-refractivity contribution >= 4 is 17.7 Å². The minimum atomic E-state index is -1.18. The Labute approximate surface area is 103 Å². The van der Waals surface area contributed by atoms with Gasteiger partial charge in [0, 0.05) is 13.1 Å². The Morgan fingerprint density at radius 1 is 1.44 bits per heavy atom. The molecule has 0 radical (unpaired) electrons. The number of pyridine rings is 1. The molecule has 7 heteroatoms. The quantitative estimate of drug-likeness (QED) is 0.705. The van der Waals surface area contributed by atoms with Gasteiger partial charge in [0.15, 0.2) is 0 Å². The highest BCUT2D eigenvalue weighted by molar-refractivity contribution is 5.93. The predicted octanol–water partition coefficient (Wildman–Crippen LogP) is 0.378. The zero-order valence-electron chi connectivity index (χ0n) is 9.54. The first kappa shape index (κ1) is 12.3. The lowest BCUT2D eigenvalue weighted by atomic mass is 10.3. The molecule has 1 atom stereocenters. The number of rotatable bonds is 2. The van der Waals surface area contributed by atoms with Gasteiger partial charge in [0.05, 0.1) is 18.0 Å². The maximum atomic E-state index is 11.9. The van der Waals surface area contributed by atoms with Crippen molar-refractivity contribution in [3.05, 3.63) is 24.0 Å². The predicted molar refractivity (Wildman–Crippen MR) is 62.4 cm³/mol. The van der Waals surface area contributed by atoms with E-state index < -0.39 is 12.2 Å². The Bertz CT molecular complexity index is 460. The van der Waals surface area contributed by atoms with Crippen molar-refractivity contribution in [2.24, 2.45) is 0 Å². The molecule has 1 aliphatic heterocycles. The number of carbonyl (C=O) groups excluding carboxylic acids is 1. The Morgan fingerprint density at radius 3 is 2.72 bits per heavy atom. The number of likely N-dealkylation sites (tertiary alicyclic amines) is 1. The first-order chi connectivity index (χ1) is 8.56. The molecular formula is C11H13N3O4. The van der Waals surface area contributed by atoms with Crippen LogP contribution < -0.4 is 5.32 Å². The average molecular weight is 251 g/mol. The number of hydrogen-bond donors (Lipinski definition) is 3. The van der Waals surface area contributed by atoms with Crippen molar-refractivity contribution in [2.45, 2.75) is 12.5 Å². The van der Waals surface area contributed by atoms with E-state index in [1.165, 1.54) is 23.2 Å². The van der Waals surface area contributed by atoms with Crippen LogP contribution in [0.15, 0.2) is 18.3 Å². The van der Waals surface area contributed by atoms with Crippen molar-refractivity contribution in [2.75, 3.05) is 18.4 Å². The minimum absolute atomic E-state index is 0.236. The molecule has 1 fully saturated rings. The SMILES string of the molecule is O=C(O)Nc1ccc(C(=O)N2CC[C@@H](O)C2)nc1. The molecule has 0 aliphatic carbocycles. The number of aliphatic hydroxyl groups excluding tert-OH is 1. The number of aliphatic hydroxyl groups is 1. The molecule has 2 heterocycles. The van der Waals surface area contributed by atoms with Crippen LogP contribution in [0.1, 0.15) is 16.9 Å². The number of nitrogens with zero attached hydrogens (tertiary/aromatic N) is 2. The van der Waals surface area contributed by atoms with E-state index in [4.69, 9.17) is 5.11 Å². The Hall–Kier alpha value is -2.15. The third-order valence-corrected chi connectivity index (χ3v) is 2.68. The molecule has 0 unspecified atom stereocenters. The molecule has 1 aliphatic rings. The molecule has 1 saturated heterocycles. The van der Waals surface area contributed by atoms with Gasteiger partial charge in [-0.25, -0.2) is 9.78 Å². The summed E-state index contributed by atoms with van der Waals surface area (Å²) in [6.07, 6.45) is 0.207. The molecule has 2 amide bonds. The van der Waals surface area contributed by atoms with E-state index in [2.05, 4.69) is 10.3 Å². The van der Waals surface area contributed by atoms with E-state index in [0.717, 1.165) is 0 Å². The molecule has 1 aromatic heterocycles. The molecule has 3 N–H and O–H groups in total. The number of anilines is 1. The van der Waals surface area contributed by atoms with E-state index in [9.17, 15) is 14.7 Å². The van der Waals surface area contributed by atoms with E-state index in [-0.39, 0.29) is 11.6 Å². The second kappa shape index (κ2) is 5.01. The van der Waals surface area contributed by atoms with E-state index >= 15 is 0 Å². The maximum Gasteiger partial charge on any atom is 0.409 e. The Balaban J connectivity index is 2.05. The lowest BCUT2D eigenvalue weighted by Gasteiger charge is -2.14. The lowest BCUT2D eigenvalue weighted by Crippen LogP contribution is -2.30. The van der Waals surface area contributed by atoms with E-state index in [0.29, 0.717) is 25.2 Å². The minimum Gasteiger partial charge on any atom is -0.465 e. The second-order valence-electron chi connectivity index (χ2n) is 4.06. The fourth-order valence-electron chi connectivity index (χ4n) is 1.81. The van der Waals surface area contributed by atoms with Crippen LogP contribution >= 0.6 is 0 Å². The number of amides is 2. The fourth-order valence-corrected chi connectivity index (χ4v) is 1.81.